The fourth-order valence-electron chi connectivity index (χ4n) is 3.13. The molecule has 1 unspecified atom stereocenters. The van der Waals surface area contributed by atoms with E-state index in [-0.39, 0.29) is 17.4 Å². The summed E-state index contributed by atoms with van der Waals surface area (Å²) >= 11 is 5.59. The lowest BCUT2D eigenvalue weighted by atomic mass is 9.85. The minimum Gasteiger partial charge on any atom is -0.301 e. The summed E-state index contributed by atoms with van der Waals surface area (Å²) in [5.41, 5.74) is 4.06. The molecule has 1 aromatic heterocycles. The number of hydrogen-bond acceptors (Lipinski definition) is 4. The van der Waals surface area contributed by atoms with Gasteiger partial charge in [0.1, 0.15) is 3.82 Å². The average molecular weight is 364 g/mol. The Kier molecular flexibility index (Phi) is 4.23. The van der Waals surface area contributed by atoms with E-state index in [1.807, 2.05) is 11.8 Å². The second-order valence-electron chi connectivity index (χ2n) is 6.72. The number of rotatable bonds is 2. The summed E-state index contributed by atoms with van der Waals surface area (Å²) in [6.07, 6.45) is 0.846. The van der Waals surface area contributed by atoms with Gasteiger partial charge in [-0.15, -0.1) is 0 Å². The predicted molar refractivity (Wildman–Crippen MR) is 103 cm³/mol. The molecule has 23 heavy (non-hydrogen) atoms. The first-order valence-corrected chi connectivity index (χ1v) is 10.4. The van der Waals surface area contributed by atoms with Crippen molar-refractivity contribution in [3.8, 4) is 11.1 Å². The number of aryl methyl sites for hydroxylation is 1. The van der Waals surface area contributed by atoms with Crippen LogP contribution in [0.2, 0.25) is 0 Å². The van der Waals surface area contributed by atoms with Gasteiger partial charge in [-0.05, 0) is 38.8 Å². The molecule has 5 heteroatoms. The van der Waals surface area contributed by atoms with E-state index in [9.17, 15) is 4.79 Å². The van der Waals surface area contributed by atoms with Gasteiger partial charge in [-0.25, -0.2) is 0 Å². The van der Waals surface area contributed by atoms with Gasteiger partial charge in [0.2, 0.25) is 5.91 Å². The van der Waals surface area contributed by atoms with Crippen molar-refractivity contribution in [2.45, 2.75) is 46.6 Å². The van der Waals surface area contributed by atoms with Crippen LogP contribution in [0.5, 0.6) is 0 Å². The lowest BCUT2D eigenvalue weighted by Crippen LogP contribution is -2.49. The van der Waals surface area contributed by atoms with Crippen molar-refractivity contribution in [1.29, 1.82) is 0 Å². The highest BCUT2D eigenvalue weighted by Gasteiger charge is 2.43. The summed E-state index contributed by atoms with van der Waals surface area (Å²) in [6, 6.07) is 6.34. The molecule has 1 amide bonds. The zero-order valence-electron chi connectivity index (χ0n) is 14.1. The van der Waals surface area contributed by atoms with Gasteiger partial charge in [-0.3, -0.25) is 4.79 Å². The number of anilines is 1. The number of benzene rings is 1. The molecule has 0 bridgehead atoms. The molecule has 2 nitrogen and oxygen atoms in total. The summed E-state index contributed by atoms with van der Waals surface area (Å²) in [5, 5.41) is 0. The third kappa shape index (κ3) is 2.49. The zero-order chi connectivity index (χ0) is 16.9. The Bertz CT molecular complexity index is 831. The monoisotopic (exact) mass is 363 g/mol. The van der Waals surface area contributed by atoms with Gasteiger partial charge < -0.3 is 4.90 Å². The number of hydrogen-bond donors (Lipinski definition) is 0. The van der Waals surface area contributed by atoms with E-state index in [1.54, 1.807) is 20.7 Å². The van der Waals surface area contributed by atoms with Gasteiger partial charge in [0.05, 0.1) is 16.1 Å². The number of fused-ring (bicyclic) bond motifs is 3. The van der Waals surface area contributed by atoms with E-state index in [0.717, 1.165) is 32.6 Å². The standard InChI is InChI=1S/C18H21NOS3/c1-6-11(3)16(20)19-13-9-10(2)7-8-12(13)14-15(18(19,4)5)22-23-17(14)21/h7-9,11H,6H2,1-5H3. The maximum Gasteiger partial charge on any atom is 0.230 e. The highest BCUT2D eigenvalue weighted by Crippen LogP contribution is 2.52. The summed E-state index contributed by atoms with van der Waals surface area (Å²) in [5.74, 6) is 0.204. The lowest BCUT2D eigenvalue weighted by molar-refractivity contribution is -0.123. The lowest BCUT2D eigenvalue weighted by Gasteiger charge is -2.44. The Morgan fingerprint density at radius 1 is 1.35 bits per heavy atom. The second-order valence-corrected chi connectivity index (χ2v) is 9.54. The number of carbonyl (C=O) groups is 1. The van der Waals surface area contributed by atoms with Crippen molar-refractivity contribution in [3.63, 3.8) is 0 Å². The molecule has 1 aliphatic heterocycles. The third-order valence-corrected chi connectivity index (χ3v) is 7.99. The van der Waals surface area contributed by atoms with Crippen molar-refractivity contribution in [1.82, 2.24) is 0 Å². The van der Waals surface area contributed by atoms with Gasteiger partial charge in [-0.2, -0.15) is 0 Å². The SMILES string of the molecule is CCC(C)C(=O)N1c2cc(C)ccc2-c2c(ssc2=S)C1(C)C. The van der Waals surface area contributed by atoms with E-state index in [1.165, 1.54) is 4.88 Å². The molecule has 1 atom stereocenters. The minimum absolute atomic E-state index is 0.01000. The first kappa shape index (κ1) is 16.8. The fourth-order valence-corrected chi connectivity index (χ4v) is 6.41. The third-order valence-electron chi connectivity index (χ3n) is 4.66. The molecule has 0 saturated carbocycles. The van der Waals surface area contributed by atoms with Crippen LogP contribution in [-0.4, -0.2) is 5.91 Å². The Hall–Kier alpha value is -1.04. The largest absolute Gasteiger partial charge is 0.301 e. The molecule has 0 saturated heterocycles. The number of nitrogens with zero attached hydrogens (tertiary/aromatic N) is 1. The van der Waals surface area contributed by atoms with Crippen LogP contribution >= 0.6 is 32.9 Å². The predicted octanol–water partition coefficient (Wildman–Crippen LogP) is 6.14. The maximum atomic E-state index is 13.1. The first-order chi connectivity index (χ1) is 10.8. The van der Waals surface area contributed by atoms with Gasteiger partial charge in [0, 0.05) is 17.0 Å². The number of amides is 1. The van der Waals surface area contributed by atoms with Gasteiger partial charge in [0.25, 0.3) is 0 Å². The quantitative estimate of drug-likeness (QED) is 0.471. The number of carbonyl (C=O) groups excluding carboxylic acids is 1. The minimum atomic E-state index is -0.366. The van der Waals surface area contributed by atoms with Crippen molar-refractivity contribution in [2.75, 3.05) is 4.90 Å². The van der Waals surface area contributed by atoms with Crippen molar-refractivity contribution in [2.24, 2.45) is 5.92 Å². The van der Waals surface area contributed by atoms with Crippen LogP contribution in [0, 0.1) is 16.7 Å². The molecule has 2 heterocycles. The fraction of sp³-hybridized carbons (Fsp3) is 0.444. The van der Waals surface area contributed by atoms with Crippen LogP contribution in [0.25, 0.3) is 11.1 Å². The van der Waals surface area contributed by atoms with E-state index < -0.39 is 0 Å². The molecule has 0 N–H and O–H groups in total. The van der Waals surface area contributed by atoms with E-state index in [4.69, 9.17) is 12.2 Å². The molecular formula is C18H21NOS3. The first-order valence-electron chi connectivity index (χ1n) is 7.87. The average Bonchev–Trinajstić information content (AvgIpc) is 2.89. The van der Waals surface area contributed by atoms with Crippen LogP contribution in [0.15, 0.2) is 18.2 Å². The van der Waals surface area contributed by atoms with E-state index in [0.29, 0.717) is 0 Å². The van der Waals surface area contributed by atoms with Crippen LogP contribution < -0.4 is 4.90 Å². The summed E-state index contributed by atoms with van der Waals surface area (Å²) in [4.78, 5) is 16.4. The summed E-state index contributed by atoms with van der Waals surface area (Å²) in [6.45, 7) is 10.4. The molecular weight excluding hydrogens is 342 g/mol. The van der Waals surface area contributed by atoms with Crippen LogP contribution in [0.4, 0.5) is 5.69 Å². The van der Waals surface area contributed by atoms with Crippen molar-refractivity contribution in [3.05, 3.63) is 32.5 Å². The van der Waals surface area contributed by atoms with E-state index in [2.05, 4.69) is 45.9 Å². The highest BCUT2D eigenvalue weighted by atomic mass is 32.9. The summed E-state index contributed by atoms with van der Waals surface area (Å²) in [7, 11) is 3.35. The highest BCUT2D eigenvalue weighted by molar-refractivity contribution is 7.80. The molecule has 0 spiro atoms. The van der Waals surface area contributed by atoms with E-state index >= 15 is 0 Å². The molecule has 122 valence electrons. The smallest absolute Gasteiger partial charge is 0.230 e. The molecule has 1 aliphatic rings. The molecule has 2 aromatic rings. The second kappa shape index (κ2) is 5.80. The van der Waals surface area contributed by atoms with Crippen LogP contribution in [0.1, 0.15) is 44.6 Å². The molecule has 0 fully saturated rings. The molecule has 3 rings (SSSR count). The maximum absolute atomic E-state index is 13.1. The zero-order valence-corrected chi connectivity index (χ0v) is 16.5. The van der Waals surface area contributed by atoms with Gasteiger partial charge in [0.15, 0.2) is 0 Å². The molecule has 0 radical (unpaired) electrons. The van der Waals surface area contributed by atoms with Crippen LogP contribution in [0.3, 0.4) is 0 Å². The van der Waals surface area contributed by atoms with Gasteiger partial charge in [-0.1, -0.05) is 58.9 Å². The Balaban J connectivity index is 2.32. The Morgan fingerprint density at radius 3 is 2.70 bits per heavy atom. The van der Waals surface area contributed by atoms with Crippen molar-refractivity contribution >= 4 is 44.5 Å². The normalized spacial score (nSPS) is 16.7. The van der Waals surface area contributed by atoms with Crippen LogP contribution in [-0.2, 0) is 10.3 Å². The molecule has 0 aliphatic carbocycles. The topological polar surface area (TPSA) is 20.3 Å². The molecule has 1 aromatic carbocycles. The Morgan fingerprint density at radius 2 is 2.04 bits per heavy atom. The summed E-state index contributed by atoms with van der Waals surface area (Å²) < 4.78 is 0.929. The van der Waals surface area contributed by atoms with Gasteiger partial charge >= 0.3 is 0 Å². The van der Waals surface area contributed by atoms with Crippen molar-refractivity contribution < 1.29 is 4.79 Å². The Labute approximate surface area is 150 Å².